The Morgan fingerprint density at radius 1 is 0.875 bits per heavy atom. The lowest BCUT2D eigenvalue weighted by Gasteiger charge is -2.28. The molecule has 2 heteroatoms. The van der Waals surface area contributed by atoms with Gasteiger partial charge in [0, 0.05) is 20.3 Å². The van der Waals surface area contributed by atoms with Gasteiger partial charge >= 0.3 is 0 Å². The van der Waals surface area contributed by atoms with E-state index in [9.17, 15) is 5.11 Å². The minimum atomic E-state index is -0.133. The first-order valence-electron chi connectivity index (χ1n) is 8.09. The molecule has 0 saturated heterocycles. The normalized spacial score (nSPS) is 12.1. The van der Waals surface area contributed by atoms with E-state index in [4.69, 9.17) is 6.42 Å². The molecule has 24 heavy (non-hydrogen) atoms. The van der Waals surface area contributed by atoms with Crippen LogP contribution in [0.5, 0.6) is 5.75 Å². The SMILES string of the molecule is C#Cc1ccc(-c2cc(C(C)(C)C)c(O)c(C(C)(C)C)c2)cc1I. The van der Waals surface area contributed by atoms with Crippen molar-refractivity contribution in [1.29, 1.82) is 0 Å². The van der Waals surface area contributed by atoms with E-state index < -0.39 is 0 Å². The van der Waals surface area contributed by atoms with Crippen molar-refractivity contribution in [3.05, 3.63) is 50.6 Å². The van der Waals surface area contributed by atoms with Crippen LogP contribution in [0.4, 0.5) is 0 Å². The number of phenolic OH excluding ortho intramolecular Hbond substituents is 1. The predicted octanol–water partition coefficient (Wildman–Crippen LogP) is 6.24. The van der Waals surface area contributed by atoms with Crippen LogP contribution in [-0.4, -0.2) is 5.11 Å². The Labute approximate surface area is 159 Å². The fourth-order valence-corrected chi connectivity index (χ4v) is 3.43. The third-order valence-electron chi connectivity index (χ3n) is 4.18. The summed E-state index contributed by atoms with van der Waals surface area (Å²) in [6.45, 7) is 12.8. The molecule has 0 unspecified atom stereocenters. The summed E-state index contributed by atoms with van der Waals surface area (Å²) in [6, 6.07) is 10.4. The molecule has 0 heterocycles. The highest BCUT2D eigenvalue weighted by Crippen LogP contribution is 2.42. The molecule has 126 valence electrons. The molecule has 0 spiro atoms. The van der Waals surface area contributed by atoms with Crippen molar-refractivity contribution < 1.29 is 5.11 Å². The van der Waals surface area contributed by atoms with E-state index >= 15 is 0 Å². The Balaban J connectivity index is 2.76. The van der Waals surface area contributed by atoms with Crippen LogP contribution in [0.15, 0.2) is 30.3 Å². The summed E-state index contributed by atoms with van der Waals surface area (Å²) in [7, 11) is 0. The average Bonchev–Trinajstić information content (AvgIpc) is 2.45. The molecule has 2 aromatic carbocycles. The topological polar surface area (TPSA) is 20.2 Å². The van der Waals surface area contributed by atoms with E-state index in [2.05, 4.69) is 94.3 Å². The van der Waals surface area contributed by atoms with Gasteiger partial charge in [-0.3, -0.25) is 0 Å². The highest BCUT2D eigenvalue weighted by molar-refractivity contribution is 14.1. The highest BCUT2D eigenvalue weighted by atomic mass is 127. The second-order valence-electron chi connectivity index (χ2n) is 8.26. The molecule has 0 fully saturated rings. The molecular formula is C22H25IO. The molecule has 0 radical (unpaired) electrons. The van der Waals surface area contributed by atoms with Crippen molar-refractivity contribution in [3.63, 3.8) is 0 Å². The Bertz CT molecular complexity index is 776. The van der Waals surface area contributed by atoms with Crippen molar-refractivity contribution in [3.8, 4) is 29.2 Å². The van der Waals surface area contributed by atoms with Gasteiger partial charge < -0.3 is 5.11 Å². The lowest BCUT2D eigenvalue weighted by atomic mass is 9.78. The predicted molar refractivity (Wildman–Crippen MR) is 112 cm³/mol. The maximum absolute atomic E-state index is 10.8. The monoisotopic (exact) mass is 432 g/mol. The second-order valence-corrected chi connectivity index (χ2v) is 9.42. The van der Waals surface area contributed by atoms with Crippen LogP contribution in [0.2, 0.25) is 0 Å². The molecule has 2 rings (SSSR count). The minimum absolute atomic E-state index is 0.133. The lowest BCUT2D eigenvalue weighted by molar-refractivity contribution is 0.423. The van der Waals surface area contributed by atoms with E-state index in [0.29, 0.717) is 5.75 Å². The smallest absolute Gasteiger partial charge is 0.123 e. The third-order valence-corrected chi connectivity index (χ3v) is 5.08. The van der Waals surface area contributed by atoms with Gasteiger partial charge in [-0.25, -0.2) is 0 Å². The highest BCUT2D eigenvalue weighted by Gasteiger charge is 2.26. The zero-order valence-corrected chi connectivity index (χ0v) is 17.4. The number of terminal acetylenes is 1. The zero-order chi connectivity index (χ0) is 18.3. The Hall–Kier alpha value is -1.47. The van der Waals surface area contributed by atoms with Gasteiger partial charge in [0.05, 0.1) is 0 Å². The summed E-state index contributed by atoms with van der Waals surface area (Å²) in [6.07, 6.45) is 5.53. The molecule has 0 bridgehead atoms. The van der Waals surface area contributed by atoms with Crippen LogP contribution < -0.4 is 0 Å². The van der Waals surface area contributed by atoms with Crippen LogP contribution in [0.25, 0.3) is 11.1 Å². The molecule has 0 aliphatic rings. The van der Waals surface area contributed by atoms with Gasteiger partial charge in [-0.2, -0.15) is 0 Å². The lowest BCUT2D eigenvalue weighted by Crippen LogP contribution is -2.17. The summed E-state index contributed by atoms with van der Waals surface area (Å²) in [5.74, 6) is 3.12. The largest absolute Gasteiger partial charge is 0.507 e. The van der Waals surface area contributed by atoms with E-state index in [-0.39, 0.29) is 10.8 Å². The molecule has 0 aliphatic carbocycles. The van der Waals surface area contributed by atoms with Crippen molar-refractivity contribution >= 4 is 22.6 Å². The molecule has 1 nitrogen and oxygen atoms in total. The molecule has 1 N–H and O–H groups in total. The fourth-order valence-electron chi connectivity index (χ4n) is 2.76. The van der Waals surface area contributed by atoms with E-state index in [1.54, 1.807) is 0 Å². The van der Waals surface area contributed by atoms with E-state index in [1.807, 2.05) is 6.07 Å². The van der Waals surface area contributed by atoms with Crippen molar-refractivity contribution in [2.24, 2.45) is 0 Å². The Morgan fingerprint density at radius 2 is 1.38 bits per heavy atom. The van der Waals surface area contributed by atoms with Gasteiger partial charge in [0.25, 0.3) is 0 Å². The standard InChI is InChI=1S/C22H25IO/c1-8-14-9-10-15(13-19(14)23)16-11-17(21(2,3)4)20(24)18(12-16)22(5,6)7/h1,9-13,24H,2-7H3. The molecule has 0 saturated carbocycles. The minimum Gasteiger partial charge on any atom is -0.507 e. The fraction of sp³-hybridized carbons (Fsp3) is 0.364. The van der Waals surface area contributed by atoms with Crippen LogP contribution in [0.1, 0.15) is 58.2 Å². The molecule has 0 aromatic heterocycles. The molecule has 0 amide bonds. The first-order chi connectivity index (χ1) is 10.9. The van der Waals surface area contributed by atoms with Crippen LogP contribution in [0, 0.1) is 15.9 Å². The van der Waals surface area contributed by atoms with E-state index in [1.165, 1.54) is 0 Å². The van der Waals surface area contributed by atoms with Crippen LogP contribution >= 0.6 is 22.6 Å². The van der Waals surface area contributed by atoms with Crippen molar-refractivity contribution in [2.75, 3.05) is 0 Å². The van der Waals surface area contributed by atoms with Crippen LogP contribution in [0.3, 0.4) is 0 Å². The van der Waals surface area contributed by atoms with Crippen molar-refractivity contribution in [2.45, 2.75) is 52.4 Å². The average molecular weight is 432 g/mol. The summed E-state index contributed by atoms with van der Waals surface area (Å²) < 4.78 is 1.07. The number of hydrogen-bond acceptors (Lipinski definition) is 1. The summed E-state index contributed by atoms with van der Waals surface area (Å²) in [5, 5.41) is 10.8. The molecule has 2 aromatic rings. The van der Waals surface area contributed by atoms with Gasteiger partial charge in [-0.1, -0.05) is 53.5 Å². The third kappa shape index (κ3) is 3.78. The first-order valence-corrected chi connectivity index (χ1v) is 9.17. The van der Waals surface area contributed by atoms with Gasteiger partial charge in [-0.15, -0.1) is 6.42 Å². The number of halogens is 1. The first kappa shape index (κ1) is 18.9. The van der Waals surface area contributed by atoms with Gasteiger partial charge in [-0.05, 0) is 68.8 Å². The summed E-state index contributed by atoms with van der Waals surface area (Å²) in [5.41, 5.74) is 4.82. The van der Waals surface area contributed by atoms with Gasteiger partial charge in [0.15, 0.2) is 0 Å². The number of rotatable bonds is 1. The maximum Gasteiger partial charge on any atom is 0.123 e. The number of phenols is 1. The zero-order valence-electron chi connectivity index (χ0n) is 15.3. The molecular weight excluding hydrogens is 407 g/mol. The Morgan fingerprint density at radius 3 is 1.75 bits per heavy atom. The summed E-state index contributed by atoms with van der Waals surface area (Å²) >= 11 is 2.28. The summed E-state index contributed by atoms with van der Waals surface area (Å²) in [4.78, 5) is 0. The number of hydrogen-bond donors (Lipinski definition) is 1. The number of benzene rings is 2. The Kier molecular flexibility index (Phi) is 5.06. The number of aromatic hydroxyl groups is 1. The second kappa shape index (κ2) is 6.44. The van der Waals surface area contributed by atoms with Crippen molar-refractivity contribution in [1.82, 2.24) is 0 Å². The van der Waals surface area contributed by atoms with Gasteiger partial charge in [0.1, 0.15) is 5.75 Å². The van der Waals surface area contributed by atoms with E-state index in [0.717, 1.165) is 31.4 Å². The quantitative estimate of drug-likeness (QED) is 0.418. The molecule has 0 aliphatic heterocycles. The maximum atomic E-state index is 10.8. The molecule has 0 atom stereocenters. The van der Waals surface area contributed by atoms with Gasteiger partial charge in [0.2, 0.25) is 0 Å². The van der Waals surface area contributed by atoms with Crippen LogP contribution in [-0.2, 0) is 10.8 Å².